The maximum Gasteiger partial charge on any atom is 0.267 e. The monoisotopic (exact) mass is 611 g/mol. The van der Waals surface area contributed by atoms with Gasteiger partial charge in [0.2, 0.25) is 0 Å². The first kappa shape index (κ1) is 26.8. The van der Waals surface area contributed by atoms with Gasteiger partial charge in [0.05, 0.1) is 49.4 Å². The van der Waals surface area contributed by atoms with Crippen molar-refractivity contribution in [1.29, 1.82) is 0 Å². The fourth-order valence-electron chi connectivity index (χ4n) is 4.75. The highest BCUT2D eigenvalue weighted by Gasteiger charge is 2.20. The number of thiazole rings is 1. The first-order valence-corrected chi connectivity index (χ1v) is 14.7. The van der Waals surface area contributed by atoms with Gasteiger partial charge in [0.1, 0.15) is 16.4 Å². The van der Waals surface area contributed by atoms with E-state index in [0.717, 1.165) is 15.3 Å². The van der Waals surface area contributed by atoms with E-state index in [9.17, 15) is 14.0 Å². The van der Waals surface area contributed by atoms with Crippen molar-refractivity contribution in [3.05, 3.63) is 118 Å². The van der Waals surface area contributed by atoms with Crippen molar-refractivity contribution >= 4 is 49.0 Å². The first-order chi connectivity index (χ1) is 20.8. The van der Waals surface area contributed by atoms with E-state index in [1.807, 2.05) is 23.9 Å². The van der Waals surface area contributed by atoms with Gasteiger partial charge in [-0.15, -0.1) is 22.7 Å². The molecule has 0 saturated heterocycles. The molecule has 0 unspecified atom stereocenters. The van der Waals surface area contributed by atoms with Crippen LogP contribution in [0.4, 0.5) is 8.78 Å². The van der Waals surface area contributed by atoms with Gasteiger partial charge in [-0.05, 0) is 54.1 Å². The zero-order chi connectivity index (χ0) is 29.7. The minimum absolute atomic E-state index is 0.0148. The number of aryl methyl sites for hydroxylation is 1. The molecule has 43 heavy (non-hydrogen) atoms. The Kier molecular flexibility index (Phi) is 6.63. The number of thiophene rings is 1. The molecule has 0 radical (unpaired) electrons. The van der Waals surface area contributed by atoms with Crippen LogP contribution in [-0.2, 0) is 13.5 Å². The number of nitrogens with zero attached hydrogens (tertiary/aromatic N) is 5. The van der Waals surface area contributed by atoms with Gasteiger partial charge < -0.3 is 9.30 Å². The molecular weight excluding hydrogens is 593 g/mol. The third-order valence-electron chi connectivity index (χ3n) is 6.79. The van der Waals surface area contributed by atoms with E-state index >= 15 is 4.39 Å². The molecule has 7 rings (SSSR count). The molecule has 8 nitrogen and oxygen atoms in total. The molecule has 0 N–H and O–H groups in total. The van der Waals surface area contributed by atoms with Crippen LogP contribution in [0.3, 0.4) is 0 Å². The second-order valence-corrected chi connectivity index (χ2v) is 11.6. The van der Waals surface area contributed by atoms with Crippen molar-refractivity contribution in [3.8, 4) is 27.8 Å². The van der Waals surface area contributed by atoms with Crippen molar-refractivity contribution in [2.45, 2.75) is 6.42 Å². The summed E-state index contributed by atoms with van der Waals surface area (Å²) in [6.07, 6.45) is 4.99. The lowest BCUT2D eigenvalue weighted by atomic mass is 10.0. The second kappa shape index (κ2) is 10.6. The lowest BCUT2D eigenvalue weighted by Crippen LogP contribution is -2.26. The smallest absolute Gasteiger partial charge is 0.267 e. The zero-order valence-corrected chi connectivity index (χ0v) is 24.0. The van der Waals surface area contributed by atoms with E-state index in [-0.39, 0.29) is 17.7 Å². The molecule has 0 fully saturated rings. The Hall–Kier alpha value is -5.07. The Morgan fingerprint density at radius 2 is 1.79 bits per heavy atom. The molecule has 2 aromatic carbocycles. The van der Waals surface area contributed by atoms with Gasteiger partial charge in [0.15, 0.2) is 17.3 Å². The summed E-state index contributed by atoms with van der Waals surface area (Å²) in [7, 11) is 1.89. The molecule has 0 aliphatic heterocycles. The van der Waals surface area contributed by atoms with Gasteiger partial charge in [-0.1, -0.05) is 6.07 Å². The summed E-state index contributed by atoms with van der Waals surface area (Å²) in [5, 5.41) is 0. The highest BCUT2D eigenvalue weighted by Crippen LogP contribution is 2.39. The lowest BCUT2D eigenvalue weighted by molar-refractivity contribution is 0.0991. The van der Waals surface area contributed by atoms with Crippen LogP contribution in [-0.4, -0.2) is 29.9 Å². The lowest BCUT2D eigenvalue weighted by Gasteiger charge is -2.11. The molecule has 0 bridgehead atoms. The predicted octanol–water partition coefficient (Wildman–Crippen LogP) is 6.95. The van der Waals surface area contributed by atoms with Gasteiger partial charge in [0, 0.05) is 31.9 Å². The average Bonchev–Trinajstić information content (AvgIpc) is 3.74. The summed E-state index contributed by atoms with van der Waals surface area (Å²) >= 11 is 2.68. The Morgan fingerprint density at radius 3 is 2.56 bits per heavy atom. The predicted molar refractivity (Wildman–Crippen MR) is 162 cm³/mol. The molecule has 212 valence electrons. The topological polar surface area (TPSA) is 91.9 Å². The van der Waals surface area contributed by atoms with E-state index in [1.54, 1.807) is 30.2 Å². The fraction of sp³-hybridized carbons (Fsp3) is 0.0645. The van der Waals surface area contributed by atoms with Crippen LogP contribution in [0.2, 0.25) is 0 Å². The highest BCUT2D eigenvalue weighted by molar-refractivity contribution is 7.22. The van der Waals surface area contributed by atoms with Gasteiger partial charge in [-0.25, -0.2) is 18.7 Å². The van der Waals surface area contributed by atoms with E-state index in [2.05, 4.69) is 15.0 Å². The van der Waals surface area contributed by atoms with Crippen LogP contribution in [0.15, 0.2) is 89.7 Å². The molecule has 7 aromatic rings. The maximum atomic E-state index is 15.3. The summed E-state index contributed by atoms with van der Waals surface area (Å²) in [5.74, 6) is -1.18. The highest BCUT2D eigenvalue weighted by atomic mass is 32.1. The summed E-state index contributed by atoms with van der Waals surface area (Å²) in [5.41, 5.74) is 3.65. The van der Waals surface area contributed by atoms with Gasteiger partial charge in [-0.2, -0.15) is 0 Å². The zero-order valence-electron chi connectivity index (χ0n) is 22.3. The first-order valence-electron chi connectivity index (χ1n) is 13.0. The number of Topliss-reactive ketones (excluding diaryl/α,β-unsaturated/α-hetero) is 1. The number of fused-ring (bicyclic) bond motifs is 2. The number of aromatic nitrogens is 5. The Bertz CT molecular complexity index is 2230. The largest absolute Gasteiger partial charge is 0.453 e. The number of imidazole rings is 1. The average molecular weight is 612 g/mol. The van der Waals surface area contributed by atoms with Crippen LogP contribution >= 0.6 is 22.7 Å². The van der Waals surface area contributed by atoms with Crippen LogP contribution in [0.5, 0.6) is 11.5 Å². The number of rotatable bonds is 7. The van der Waals surface area contributed by atoms with Crippen molar-refractivity contribution in [3.63, 3.8) is 0 Å². The summed E-state index contributed by atoms with van der Waals surface area (Å²) in [6.45, 7) is 0. The van der Waals surface area contributed by atoms with Crippen molar-refractivity contribution in [2.75, 3.05) is 0 Å². The normalized spacial score (nSPS) is 11.4. The second-order valence-electron chi connectivity index (χ2n) is 9.74. The number of ketones is 1. The number of ether oxygens (including phenoxy) is 1. The molecule has 0 aliphatic rings. The van der Waals surface area contributed by atoms with Crippen LogP contribution in [0, 0.1) is 11.6 Å². The van der Waals surface area contributed by atoms with Gasteiger partial charge in [-0.3, -0.25) is 19.1 Å². The summed E-state index contributed by atoms with van der Waals surface area (Å²) < 4.78 is 38.7. The fourth-order valence-corrected chi connectivity index (χ4v) is 6.57. The minimum Gasteiger partial charge on any atom is -0.453 e. The molecule has 0 amide bonds. The molecule has 0 aliphatic carbocycles. The molecule has 5 aromatic heterocycles. The molecule has 0 atom stereocenters. The molecular formula is C31H19F2N5O3S2. The van der Waals surface area contributed by atoms with Gasteiger partial charge in [0.25, 0.3) is 5.56 Å². The van der Waals surface area contributed by atoms with E-state index in [0.29, 0.717) is 32.9 Å². The van der Waals surface area contributed by atoms with Crippen LogP contribution in [0.25, 0.3) is 36.8 Å². The molecule has 0 saturated carbocycles. The Balaban J connectivity index is 1.16. The van der Waals surface area contributed by atoms with Crippen molar-refractivity contribution < 1.29 is 18.3 Å². The number of benzene rings is 2. The number of pyridine rings is 2. The van der Waals surface area contributed by atoms with Gasteiger partial charge >= 0.3 is 0 Å². The third kappa shape index (κ3) is 5.00. The SMILES string of the molecule is Cn1cnc(-c2cc3nccc(Oc4ccc(CC(=O)c5cc6ncsc6n(-c6ccc(F)cc6)c5=O)cc4F)c3s2)c1. The molecule has 5 heterocycles. The molecule has 12 heteroatoms. The quantitative estimate of drug-likeness (QED) is 0.181. The summed E-state index contributed by atoms with van der Waals surface area (Å²) in [4.78, 5) is 41.3. The standard InChI is InChI=1S/C31H19F2N5O3S2/c1-37-14-24(35-15-37)28-13-22-29(43-28)27(8-9-34-22)41-26-7-2-17(10-21(26)33)11-25(39)20-12-23-31(42-16-36-23)38(30(20)40)19-5-3-18(32)4-6-19/h2-10,12-16H,11H2,1H3. The maximum absolute atomic E-state index is 15.3. The number of hydrogen-bond acceptors (Lipinski definition) is 8. The summed E-state index contributed by atoms with van der Waals surface area (Å²) in [6, 6.07) is 14.7. The van der Waals surface area contributed by atoms with Crippen molar-refractivity contribution in [1.82, 2.24) is 24.1 Å². The van der Waals surface area contributed by atoms with Crippen molar-refractivity contribution in [2.24, 2.45) is 7.05 Å². The van der Waals surface area contributed by atoms with E-state index in [4.69, 9.17) is 4.74 Å². The van der Waals surface area contributed by atoms with E-state index < -0.39 is 23.0 Å². The van der Waals surface area contributed by atoms with Crippen LogP contribution in [0.1, 0.15) is 15.9 Å². The Morgan fingerprint density at radius 1 is 0.953 bits per heavy atom. The van der Waals surface area contributed by atoms with Crippen LogP contribution < -0.4 is 10.3 Å². The minimum atomic E-state index is -0.657. The number of carbonyl (C=O) groups is 1. The van der Waals surface area contributed by atoms with E-state index in [1.165, 1.54) is 69.7 Å². The Labute approximate surface area is 250 Å². The number of carbonyl (C=O) groups excluding carboxylic acids is 1. The molecule has 0 spiro atoms. The number of hydrogen-bond donors (Lipinski definition) is 0. The number of halogens is 2. The third-order valence-corrected chi connectivity index (χ3v) is 8.78.